The highest BCUT2D eigenvalue weighted by atomic mass is 16.5. The summed E-state index contributed by atoms with van der Waals surface area (Å²) in [6.07, 6.45) is 7.45. The second kappa shape index (κ2) is 7.56. The number of benzene rings is 1. The topological polar surface area (TPSA) is 21.3 Å². The molecule has 2 nitrogen and oxygen atoms in total. The minimum absolute atomic E-state index is 0.550. The molecule has 1 N–H and O–H groups in total. The monoisotopic (exact) mass is 275 g/mol. The minimum Gasteiger partial charge on any atom is -0.491 e. The maximum Gasteiger partial charge on any atom is 0.142 e. The van der Waals surface area contributed by atoms with E-state index in [1.807, 2.05) is 0 Å². The van der Waals surface area contributed by atoms with Crippen LogP contribution in [-0.2, 0) is 6.42 Å². The van der Waals surface area contributed by atoms with Crippen LogP contribution in [0.2, 0.25) is 0 Å². The molecule has 2 heteroatoms. The molecule has 0 aromatic heterocycles. The van der Waals surface area contributed by atoms with E-state index >= 15 is 0 Å². The van der Waals surface area contributed by atoms with E-state index in [9.17, 15) is 0 Å². The third-order valence-electron chi connectivity index (χ3n) is 4.37. The quantitative estimate of drug-likeness (QED) is 0.753. The number of fused-ring (bicyclic) bond motifs is 1. The molecule has 2 atom stereocenters. The van der Waals surface area contributed by atoms with Gasteiger partial charge in [-0.2, -0.15) is 0 Å². The zero-order chi connectivity index (χ0) is 14.4. The summed E-state index contributed by atoms with van der Waals surface area (Å²) in [5.41, 5.74) is 2.64. The first kappa shape index (κ1) is 15.2. The lowest BCUT2D eigenvalue weighted by molar-refractivity contribution is 0.234. The van der Waals surface area contributed by atoms with E-state index in [1.165, 1.54) is 43.4 Å². The lowest BCUT2D eigenvalue weighted by atomic mass is 9.98. The molecule has 1 aliphatic rings. The fraction of sp³-hybridized carbons (Fsp3) is 0.667. The Balaban J connectivity index is 1.99. The molecule has 0 spiro atoms. The molecular weight excluding hydrogens is 246 g/mol. The molecule has 1 heterocycles. The van der Waals surface area contributed by atoms with Gasteiger partial charge in [-0.15, -0.1) is 0 Å². The molecular formula is C18H29NO. The molecule has 2 unspecified atom stereocenters. The Morgan fingerprint density at radius 3 is 2.95 bits per heavy atom. The second-order valence-electron chi connectivity index (χ2n) is 6.10. The van der Waals surface area contributed by atoms with Crippen LogP contribution < -0.4 is 10.1 Å². The summed E-state index contributed by atoms with van der Waals surface area (Å²) in [5.74, 6) is 1.73. The molecule has 0 aliphatic carbocycles. The predicted octanol–water partition coefficient (Wildman–Crippen LogP) is 5.03. The van der Waals surface area contributed by atoms with Gasteiger partial charge in [0.05, 0.1) is 12.3 Å². The van der Waals surface area contributed by atoms with E-state index in [-0.39, 0.29) is 0 Å². The van der Waals surface area contributed by atoms with Crippen LogP contribution in [0.3, 0.4) is 0 Å². The first-order chi connectivity index (χ1) is 9.74. The van der Waals surface area contributed by atoms with Crippen molar-refractivity contribution in [2.24, 2.45) is 5.92 Å². The fourth-order valence-corrected chi connectivity index (χ4v) is 2.87. The summed E-state index contributed by atoms with van der Waals surface area (Å²) in [7, 11) is 0. The molecule has 1 aromatic rings. The van der Waals surface area contributed by atoms with Gasteiger partial charge in [0.1, 0.15) is 5.75 Å². The minimum atomic E-state index is 0.550. The molecule has 0 saturated carbocycles. The van der Waals surface area contributed by atoms with Crippen molar-refractivity contribution in [3.8, 4) is 5.75 Å². The van der Waals surface area contributed by atoms with E-state index < -0.39 is 0 Å². The Bertz CT molecular complexity index is 416. The van der Waals surface area contributed by atoms with Gasteiger partial charge in [0, 0.05) is 6.04 Å². The Morgan fingerprint density at radius 2 is 2.20 bits per heavy atom. The average molecular weight is 275 g/mol. The van der Waals surface area contributed by atoms with Gasteiger partial charge >= 0.3 is 0 Å². The van der Waals surface area contributed by atoms with Crippen molar-refractivity contribution in [1.29, 1.82) is 0 Å². The maximum absolute atomic E-state index is 6.14. The fourth-order valence-electron chi connectivity index (χ4n) is 2.87. The Morgan fingerprint density at radius 1 is 1.35 bits per heavy atom. The van der Waals surface area contributed by atoms with Crippen LogP contribution >= 0.6 is 0 Å². The summed E-state index contributed by atoms with van der Waals surface area (Å²) >= 11 is 0. The van der Waals surface area contributed by atoms with Crippen LogP contribution in [-0.4, -0.2) is 12.6 Å². The predicted molar refractivity (Wildman–Crippen MR) is 86.6 cm³/mol. The lowest BCUT2D eigenvalue weighted by Gasteiger charge is -2.27. The first-order valence-electron chi connectivity index (χ1n) is 8.25. The summed E-state index contributed by atoms with van der Waals surface area (Å²) in [4.78, 5) is 0. The highest BCUT2D eigenvalue weighted by Gasteiger charge is 2.18. The SMILES string of the molecule is CCCCC(CC)COc1cccc2c1NC(C)CC2. The third-order valence-corrected chi connectivity index (χ3v) is 4.37. The number of rotatable bonds is 7. The van der Waals surface area contributed by atoms with Gasteiger partial charge in [-0.25, -0.2) is 0 Å². The maximum atomic E-state index is 6.14. The summed E-state index contributed by atoms with van der Waals surface area (Å²) in [5, 5.41) is 3.59. The van der Waals surface area contributed by atoms with E-state index in [0.717, 1.165) is 18.8 Å². The lowest BCUT2D eigenvalue weighted by Crippen LogP contribution is -2.23. The molecule has 20 heavy (non-hydrogen) atoms. The number of para-hydroxylation sites is 1. The van der Waals surface area contributed by atoms with Crippen LogP contribution in [0.5, 0.6) is 5.75 Å². The molecule has 0 saturated heterocycles. The standard InChI is InChI=1S/C18H29NO/c1-4-6-8-15(5-2)13-20-17-10-7-9-16-12-11-14(3)19-18(16)17/h7,9-10,14-15,19H,4-6,8,11-13H2,1-3H3. The third kappa shape index (κ3) is 3.91. The van der Waals surface area contributed by atoms with Crippen molar-refractivity contribution in [2.75, 3.05) is 11.9 Å². The number of ether oxygens (including phenoxy) is 1. The molecule has 0 radical (unpaired) electrons. The van der Waals surface area contributed by atoms with Crippen molar-refractivity contribution in [3.63, 3.8) is 0 Å². The number of unbranched alkanes of at least 4 members (excludes halogenated alkanes) is 1. The van der Waals surface area contributed by atoms with Crippen LogP contribution in [0.4, 0.5) is 5.69 Å². The summed E-state index contributed by atoms with van der Waals surface area (Å²) in [6, 6.07) is 7.00. The largest absolute Gasteiger partial charge is 0.491 e. The summed E-state index contributed by atoms with van der Waals surface area (Å²) < 4.78 is 6.14. The van der Waals surface area contributed by atoms with Gasteiger partial charge in [0.15, 0.2) is 0 Å². The van der Waals surface area contributed by atoms with Crippen molar-refractivity contribution < 1.29 is 4.74 Å². The molecule has 0 fully saturated rings. The van der Waals surface area contributed by atoms with Gasteiger partial charge < -0.3 is 10.1 Å². The van der Waals surface area contributed by atoms with Crippen molar-refractivity contribution in [1.82, 2.24) is 0 Å². The Kier molecular flexibility index (Phi) is 5.75. The zero-order valence-corrected chi connectivity index (χ0v) is 13.2. The van der Waals surface area contributed by atoms with Crippen LogP contribution in [0.15, 0.2) is 18.2 Å². The summed E-state index contributed by atoms with van der Waals surface area (Å²) in [6.45, 7) is 7.62. The van der Waals surface area contributed by atoms with Gasteiger partial charge in [-0.3, -0.25) is 0 Å². The van der Waals surface area contributed by atoms with Crippen molar-refractivity contribution >= 4 is 5.69 Å². The van der Waals surface area contributed by atoms with Gasteiger partial charge in [-0.05, 0) is 43.7 Å². The van der Waals surface area contributed by atoms with Gasteiger partial charge in [0.25, 0.3) is 0 Å². The molecule has 0 bridgehead atoms. The number of nitrogens with one attached hydrogen (secondary N) is 1. The van der Waals surface area contributed by atoms with E-state index in [1.54, 1.807) is 0 Å². The smallest absolute Gasteiger partial charge is 0.142 e. The zero-order valence-electron chi connectivity index (χ0n) is 13.2. The Labute approximate surface area is 123 Å². The highest BCUT2D eigenvalue weighted by Crippen LogP contribution is 2.34. The molecule has 0 amide bonds. The first-order valence-corrected chi connectivity index (χ1v) is 8.25. The van der Waals surface area contributed by atoms with Gasteiger partial charge in [0.2, 0.25) is 0 Å². The number of aryl methyl sites for hydroxylation is 1. The van der Waals surface area contributed by atoms with Crippen molar-refractivity contribution in [3.05, 3.63) is 23.8 Å². The van der Waals surface area contributed by atoms with Gasteiger partial charge in [-0.1, -0.05) is 45.2 Å². The van der Waals surface area contributed by atoms with Crippen molar-refractivity contribution in [2.45, 2.75) is 65.3 Å². The van der Waals surface area contributed by atoms with E-state index in [0.29, 0.717) is 12.0 Å². The molecule has 1 aliphatic heterocycles. The van der Waals surface area contributed by atoms with Crippen LogP contribution in [0, 0.1) is 5.92 Å². The number of hydrogen-bond acceptors (Lipinski definition) is 2. The number of hydrogen-bond donors (Lipinski definition) is 1. The van der Waals surface area contributed by atoms with Crippen LogP contribution in [0.25, 0.3) is 0 Å². The highest BCUT2D eigenvalue weighted by molar-refractivity contribution is 5.63. The second-order valence-corrected chi connectivity index (χ2v) is 6.10. The van der Waals surface area contributed by atoms with Crippen LogP contribution in [0.1, 0.15) is 58.4 Å². The molecule has 1 aromatic carbocycles. The average Bonchev–Trinajstić information content (AvgIpc) is 2.47. The Hall–Kier alpha value is -1.18. The normalized spacial score (nSPS) is 19.1. The van der Waals surface area contributed by atoms with E-state index in [4.69, 9.17) is 4.74 Å². The number of anilines is 1. The van der Waals surface area contributed by atoms with E-state index in [2.05, 4.69) is 44.3 Å². The molecule has 2 rings (SSSR count). The molecule has 112 valence electrons.